The number of nitrogens with one attached hydrogen (secondary N) is 1. The number of hydrogen-bond donors (Lipinski definition) is 1. The maximum Gasteiger partial charge on any atom is 0.307 e. The van der Waals surface area contributed by atoms with Crippen molar-refractivity contribution in [2.24, 2.45) is 23.2 Å². The Bertz CT molecular complexity index is 627. The molecule has 4 saturated carbocycles. The van der Waals surface area contributed by atoms with E-state index in [2.05, 4.69) is 29.6 Å². The molecule has 0 radical (unpaired) electrons. The van der Waals surface area contributed by atoms with Crippen molar-refractivity contribution in [1.82, 2.24) is 5.32 Å². The summed E-state index contributed by atoms with van der Waals surface area (Å²) in [6.45, 7) is 1.83. The van der Waals surface area contributed by atoms with E-state index in [9.17, 15) is 4.79 Å². The van der Waals surface area contributed by atoms with Crippen molar-refractivity contribution in [2.45, 2.75) is 63.4 Å². The van der Waals surface area contributed by atoms with Gasteiger partial charge < -0.3 is 10.1 Å². The number of carbonyl (C=O) groups excluding carboxylic acids is 1. The predicted octanol–water partition coefficient (Wildman–Crippen LogP) is 4.42. The zero-order chi connectivity index (χ0) is 17.6. The normalized spacial score (nSPS) is 37.5. The van der Waals surface area contributed by atoms with Gasteiger partial charge in [0.05, 0.1) is 6.42 Å². The second-order valence-electron chi connectivity index (χ2n) is 9.68. The molecule has 0 spiro atoms. The molecular formula is C23H31NO2. The highest BCUT2D eigenvalue weighted by Gasteiger charge is 2.52. The van der Waals surface area contributed by atoms with Gasteiger partial charge in [-0.3, -0.25) is 4.79 Å². The van der Waals surface area contributed by atoms with Gasteiger partial charge in [-0.15, -0.1) is 0 Å². The van der Waals surface area contributed by atoms with Crippen LogP contribution in [0, 0.1) is 23.2 Å². The number of ether oxygens (including phenoxy) is 1. The van der Waals surface area contributed by atoms with Crippen molar-refractivity contribution in [3.63, 3.8) is 0 Å². The standard InChI is InChI=1S/C23H31NO2/c25-21(16-22-13-17-10-18(14-22)12-19(11-17)15-22)26-23(6-8-24-9-7-23)20-4-2-1-3-5-20/h1-5,17-19,24H,6-16H2. The highest BCUT2D eigenvalue weighted by Crippen LogP contribution is 2.61. The Kier molecular flexibility index (Phi) is 4.11. The third-order valence-corrected chi connectivity index (χ3v) is 7.70. The first-order valence-electron chi connectivity index (χ1n) is 10.6. The van der Waals surface area contributed by atoms with Crippen molar-refractivity contribution in [3.05, 3.63) is 35.9 Å². The lowest BCUT2D eigenvalue weighted by molar-refractivity contribution is -0.172. The van der Waals surface area contributed by atoms with E-state index in [0.29, 0.717) is 6.42 Å². The summed E-state index contributed by atoms with van der Waals surface area (Å²) in [6, 6.07) is 10.4. The SMILES string of the molecule is O=C(CC12CC3CC(CC(C3)C1)C2)OC1(c2ccccc2)CCNCC1. The maximum atomic E-state index is 13.1. The Morgan fingerprint density at radius 1 is 0.962 bits per heavy atom. The van der Waals surface area contributed by atoms with Gasteiger partial charge in [-0.25, -0.2) is 0 Å². The molecule has 26 heavy (non-hydrogen) atoms. The summed E-state index contributed by atoms with van der Waals surface area (Å²) < 4.78 is 6.33. The Balaban J connectivity index is 1.34. The molecule has 1 aromatic rings. The van der Waals surface area contributed by atoms with E-state index in [-0.39, 0.29) is 11.4 Å². The minimum atomic E-state index is -0.425. The highest BCUT2D eigenvalue weighted by atomic mass is 16.6. The Morgan fingerprint density at radius 3 is 2.12 bits per heavy atom. The lowest BCUT2D eigenvalue weighted by atomic mass is 9.49. The van der Waals surface area contributed by atoms with Crippen LogP contribution >= 0.6 is 0 Å². The number of benzene rings is 1. The molecule has 0 amide bonds. The predicted molar refractivity (Wildman–Crippen MR) is 102 cm³/mol. The van der Waals surface area contributed by atoms with E-state index in [4.69, 9.17) is 4.74 Å². The molecule has 0 unspecified atom stereocenters. The zero-order valence-electron chi connectivity index (χ0n) is 15.7. The number of rotatable bonds is 4. The molecule has 5 fully saturated rings. The molecule has 4 aliphatic carbocycles. The van der Waals surface area contributed by atoms with Gasteiger partial charge in [-0.05, 0) is 80.3 Å². The van der Waals surface area contributed by atoms with Crippen molar-refractivity contribution < 1.29 is 9.53 Å². The van der Waals surface area contributed by atoms with Crippen LogP contribution in [0.3, 0.4) is 0 Å². The third kappa shape index (κ3) is 2.98. The fourth-order valence-corrected chi connectivity index (χ4v) is 7.09. The number of esters is 1. The molecule has 1 N–H and O–H groups in total. The molecule has 140 valence electrons. The van der Waals surface area contributed by atoms with Gasteiger partial charge in [0.25, 0.3) is 0 Å². The minimum Gasteiger partial charge on any atom is -0.454 e. The quantitative estimate of drug-likeness (QED) is 0.815. The summed E-state index contributed by atoms with van der Waals surface area (Å²) in [5.41, 5.74) is 1.00. The average Bonchev–Trinajstić information content (AvgIpc) is 2.61. The lowest BCUT2D eigenvalue weighted by Crippen LogP contribution is -2.48. The maximum absolute atomic E-state index is 13.1. The van der Waals surface area contributed by atoms with Crippen LogP contribution in [0.2, 0.25) is 0 Å². The van der Waals surface area contributed by atoms with Crippen molar-refractivity contribution >= 4 is 5.97 Å². The van der Waals surface area contributed by atoms with E-state index in [1.165, 1.54) is 44.1 Å². The molecular weight excluding hydrogens is 322 g/mol. The second-order valence-corrected chi connectivity index (χ2v) is 9.68. The minimum absolute atomic E-state index is 0.0534. The summed E-state index contributed by atoms with van der Waals surface area (Å²) >= 11 is 0. The molecule has 5 aliphatic rings. The topological polar surface area (TPSA) is 38.3 Å². The summed E-state index contributed by atoms with van der Waals surface area (Å²) in [4.78, 5) is 13.1. The molecule has 0 aromatic heterocycles. The average molecular weight is 354 g/mol. The summed E-state index contributed by atoms with van der Waals surface area (Å²) in [7, 11) is 0. The molecule has 6 rings (SSSR count). The van der Waals surface area contributed by atoms with E-state index in [0.717, 1.165) is 43.7 Å². The number of piperidine rings is 1. The molecule has 0 atom stereocenters. The van der Waals surface area contributed by atoms with Gasteiger partial charge in [-0.1, -0.05) is 30.3 Å². The fraction of sp³-hybridized carbons (Fsp3) is 0.696. The first kappa shape index (κ1) is 16.8. The molecule has 3 heteroatoms. The number of carbonyl (C=O) groups is 1. The Labute approximate surface area is 156 Å². The van der Waals surface area contributed by atoms with E-state index in [1.807, 2.05) is 6.07 Å². The lowest BCUT2D eigenvalue weighted by Gasteiger charge is -2.56. The van der Waals surface area contributed by atoms with Gasteiger partial charge >= 0.3 is 5.97 Å². The zero-order valence-corrected chi connectivity index (χ0v) is 15.7. The smallest absolute Gasteiger partial charge is 0.307 e. The second kappa shape index (κ2) is 6.37. The summed E-state index contributed by atoms with van der Waals surface area (Å²) in [5.74, 6) is 2.71. The largest absolute Gasteiger partial charge is 0.454 e. The summed E-state index contributed by atoms with van der Waals surface area (Å²) in [6.07, 6.45) is 10.5. The van der Waals surface area contributed by atoms with Crippen LogP contribution in [-0.4, -0.2) is 19.1 Å². The van der Waals surface area contributed by atoms with Gasteiger partial charge in [0, 0.05) is 12.8 Å². The monoisotopic (exact) mass is 353 g/mol. The van der Waals surface area contributed by atoms with E-state index >= 15 is 0 Å². The van der Waals surface area contributed by atoms with Crippen LogP contribution in [0.1, 0.15) is 63.4 Å². The fourth-order valence-electron chi connectivity index (χ4n) is 7.09. The first-order chi connectivity index (χ1) is 12.6. The Hall–Kier alpha value is -1.35. The van der Waals surface area contributed by atoms with Crippen LogP contribution < -0.4 is 5.32 Å². The highest BCUT2D eigenvalue weighted by molar-refractivity contribution is 5.71. The van der Waals surface area contributed by atoms with Gasteiger partial charge in [0.1, 0.15) is 5.60 Å². The molecule has 1 heterocycles. The van der Waals surface area contributed by atoms with Crippen molar-refractivity contribution in [3.8, 4) is 0 Å². The summed E-state index contributed by atoms with van der Waals surface area (Å²) in [5, 5.41) is 3.42. The molecule has 4 bridgehead atoms. The van der Waals surface area contributed by atoms with E-state index in [1.54, 1.807) is 0 Å². The van der Waals surface area contributed by atoms with Crippen LogP contribution in [0.15, 0.2) is 30.3 Å². The van der Waals surface area contributed by atoms with Crippen molar-refractivity contribution in [1.29, 1.82) is 0 Å². The van der Waals surface area contributed by atoms with Gasteiger partial charge in [0.2, 0.25) is 0 Å². The van der Waals surface area contributed by atoms with Crippen LogP contribution in [0.4, 0.5) is 0 Å². The first-order valence-corrected chi connectivity index (χ1v) is 10.6. The van der Waals surface area contributed by atoms with E-state index < -0.39 is 5.60 Å². The number of hydrogen-bond acceptors (Lipinski definition) is 3. The van der Waals surface area contributed by atoms with Gasteiger partial charge in [0.15, 0.2) is 0 Å². The molecule has 3 nitrogen and oxygen atoms in total. The molecule has 1 saturated heterocycles. The van der Waals surface area contributed by atoms with Gasteiger partial charge in [-0.2, -0.15) is 0 Å². The van der Waals surface area contributed by atoms with Crippen LogP contribution in [0.25, 0.3) is 0 Å². The molecule has 1 aliphatic heterocycles. The van der Waals surface area contributed by atoms with Crippen molar-refractivity contribution in [2.75, 3.05) is 13.1 Å². The molecule has 1 aromatic carbocycles. The van der Waals surface area contributed by atoms with Crippen LogP contribution in [-0.2, 0) is 15.1 Å². The Morgan fingerprint density at radius 2 is 1.54 bits per heavy atom. The van der Waals surface area contributed by atoms with Crippen LogP contribution in [0.5, 0.6) is 0 Å². The third-order valence-electron chi connectivity index (χ3n) is 7.70.